The lowest BCUT2D eigenvalue weighted by Gasteiger charge is -2.21. The van der Waals surface area contributed by atoms with Crippen LogP contribution in [0.1, 0.15) is 58.8 Å². The Hall–Kier alpha value is -2.61. The summed E-state index contributed by atoms with van der Waals surface area (Å²) in [6.45, 7) is 8.62. The molecule has 13 nitrogen and oxygen atoms in total. The number of hydrogen-bond donors (Lipinski definition) is 8. The molecular formula is C25H52N8O5+2. The maximum absolute atomic E-state index is 13.1. The summed E-state index contributed by atoms with van der Waals surface area (Å²) in [6, 6.07) is -1.09. The van der Waals surface area contributed by atoms with Crippen molar-refractivity contribution in [2.45, 2.75) is 64.8 Å². The Bertz CT molecular complexity index is 707. The van der Waals surface area contributed by atoms with Crippen LogP contribution in [0.25, 0.3) is 0 Å². The topological polar surface area (TPSA) is 213 Å². The Kier molecular flexibility index (Phi) is 21.9. The van der Waals surface area contributed by atoms with E-state index in [1.807, 2.05) is 0 Å². The number of carbonyl (C=O) groups excluding carboxylic acids is 5. The Morgan fingerprint density at radius 1 is 0.658 bits per heavy atom. The maximum atomic E-state index is 13.1. The van der Waals surface area contributed by atoms with E-state index in [4.69, 9.17) is 0 Å². The Morgan fingerprint density at radius 3 is 1.76 bits per heavy atom. The first-order chi connectivity index (χ1) is 18.2. The van der Waals surface area contributed by atoms with Crippen LogP contribution in [0.2, 0.25) is 0 Å². The number of Topliss-reactive ketones (excluding diaryl/α,β-unsaturated/α-hetero) is 1. The number of carbonyl (C=O) groups is 5. The highest BCUT2D eigenvalue weighted by atomic mass is 16.2. The lowest BCUT2D eigenvalue weighted by Crippen LogP contribution is -2.54. The average molecular weight is 545 g/mol. The molecule has 0 aliphatic heterocycles. The summed E-state index contributed by atoms with van der Waals surface area (Å²) >= 11 is 0. The van der Waals surface area contributed by atoms with Crippen LogP contribution < -0.4 is 43.4 Å². The van der Waals surface area contributed by atoms with Crippen LogP contribution in [0.15, 0.2) is 0 Å². The molecule has 38 heavy (non-hydrogen) atoms. The molecule has 0 aliphatic carbocycles. The highest BCUT2D eigenvalue weighted by Gasteiger charge is 2.30. The Morgan fingerprint density at radius 2 is 1.24 bits per heavy atom. The van der Waals surface area contributed by atoms with Crippen molar-refractivity contribution in [3.63, 3.8) is 0 Å². The molecule has 0 aliphatic rings. The second kappa shape index (κ2) is 23.5. The van der Waals surface area contributed by atoms with Gasteiger partial charge in [0.2, 0.25) is 23.6 Å². The molecule has 0 saturated heterocycles. The predicted octanol–water partition coefficient (Wildman–Crippen LogP) is -3.56. The van der Waals surface area contributed by atoms with Crippen molar-refractivity contribution >= 4 is 29.4 Å². The van der Waals surface area contributed by atoms with E-state index < -0.39 is 29.6 Å². The molecule has 0 fully saturated rings. The van der Waals surface area contributed by atoms with Gasteiger partial charge in [-0.05, 0) is 6.42 Å². The van der Waals surface area contributed by atoms with E-state index in [-0.39, 0.29) is 31.1 Å². The van der Waals surface area contributed by atoms with Crippen molar-refractivity contribution in [3.8, 4) is 0 Å². The van der Waals surface area contributed by atoms with Crippen LogP contribution in [0.4, 0.5) is 0 Å². The summed E-state index contributed by atoms with van der Waals surface area (Å²) in [5, 5.41) is 17.1. The number of ketones is 1. The molecule has 0 unspecified atom stereocenters. The molecule has 12 N–H and O–H groups in total. The summed E-state index contributed by atoms with van der Waals surface area (Å²) in [5.41, 5.74) is 7.46. The highest BCUT2D eigenvalue weighted by molar-refractivity contribution is 5.96. The highest BCUT2D eigenvalue weighted by Crippen LogP contribution is 2.13. The average Bonchev–Trinajstić information content (AvgIpc) is 2.87. The van der Waals surface area contributed by atoms with Gasteiger partial charge < -0.3 is 43.4 Å². The summed E-state index contributed by atoms with van der Waals surface area (Å²) in [5.74, 6) is -2.96. The van der Waals surface area contributed by atoms with E-state index >= 15 is 0 Å². The van der Waals surface area contributed by atoms with E-state index in [0.29, 0.717) is 32.7 Å². The molecule has 13 heteroatoms. The Labute approximate surface area is 226 Å². The summed E-state index contributed by atoms with van der Waals surface area (Å²) in [7, 11) is 0. The van der Waals surface area contributed by atoms with Gasteiger partial charge in [0.15, 0.2) is 5.78 Å². The molecule has 4 amide bonds. The van der Waals surface area contributed by atoms with Gasteiger partial charge >= 0.3 is 0 Å². The van der Waals surface area contributed by atoms with Crippen LogP contribution in [0, 0.1) is 5.92 Å². The number of amides is 4. The van der Waals surface area contributed by atoms with Gasteiger partial charge in [0, 0.05) is 65.6 Å². The van der Waals surface area contributed by atoms with Crippen molar-refractivity contribution in [2.24, 2.45) is 5.92 Å². The third kappa shape index (κ3) is 19.5. The first-order valence-electron chi connectivity index (χ1n) is 13.9. The fraction of sp³-hybridized carbons (Fsp3) is 0.800. The van der Waals surface area contributed by atoms with Gasteiger partial charge in [0.05, 0.1) is 31.5 Å². The maximum Gasteiger partial charge on any atom is 0.224 e. The second-order valence-corrected chi connectivity index (χ2v) is 9.29. The van der Waals surface area contributed by atoms with Crippen molar-refractivity contribution in [2.75, 3.05) is 58.9 Å². The largest absolute Gasteiger partial charge is 0.357 e. The Balaban J connectivity index is 5.14. The van der Waals surface area contributed by atoms with Crippen molar-refractivity contribution in [1.29, 1.82) is 0 Å². The fourth-order valence-corrected chi connectivity index (χ4v) is 3.68. The molecule has 0 heterocycles. The summed E-state index contributed by atoms with van der Waals surface area (Å²) in [4.78, 5) is 62.7. The smallest absolute Gasteiger partial charge is 0.224 e. The molecule has 0 bridgehead atoms. The van der Waals surface area contributed by atoms with E-state index in [1.165, 1.54) is 6.92 Å². The minimum absolute atomic E-state index is 0.168. The zero-order valence-corrected chi connectivity index (χ0v) is 23.4. The summed E-state index contributed by atoms with van der Waals surface area (Å²) in [6.07, 6.45) is 3.24. The fourth-order valence-electron chi connectivity index (χ4n) is 3.68. The van der Waals surface area contributed by atoms with Gasteiger partial charge in [-0.3, -0.25) is 24.0 Å². The zero-order chi connectivity index (χ0) is 28.6. The SMILES string of the molecule is CCCCCCNC(=O)[C@H](CC(=O)NCCNCC[NH3+])CC(=O)[C@@H](CC(=O)NCCNCC[NH3+])NC(C)=O. The number of nitrogens with one attached hydrogen (secondary N) is 6. The second-order valence-electron chi connectivity index (χ2n) is 9.29. The van der Waals surface area contributed by atoms with Gasteiger partial charge in [-0.15, -0.1) is 0 Å². The van der Waals surface area contributed by atoms with Crippen LogP contribution in [-0.4, -0.2) is 94.4 Å². The van der Waals surface area contributed by atoms with Gasteiger partial charge in [-0.25, -0.2) is 0 Å². The van der Waals surface area contributed by atoms with Gasteiger partial charge in [0.25, 0.3) is 0 Å². The minimum atomic E-state index is -1.09. The number of quaternary nitrogens is 2. The number of unbranched alkanes of at least 4 members (excludes halogenated alkanes) is 3. The van der Waals surface area contributed by atoms with E-state index in [9.17, 15) is 24.0 Å². The van der Waals surface area contributed by atoms with E-state index in [1.54, 1.807) is 0 Å². The third-order valence-corrected chi connectivity index (χ3v) is 5.69. The molecule has 0 radical (unpaired) electrons. The lowest BCUT2D eigenvalue weighted by molar-refractivity contribution is -0.365. The van der Waals surface area contributed by atoms with Crippen LogP contribution >= 0.6 is 0 Å². The minimum Gasteiger partial charge on any atom is -0.357 e. The predicted molar refractivity (Wildman–Crippen MR) is 144 cm³/mol. The lowest BCUT2D eigenvalue weighted by atomic mass is 9.92. The van der Waals surface area contributed by atoms with E-state index in [2.05, 4.69) is 50.3 Å². The zero-order valence-electron chi connectivity index (χ0n) is 23.4. The molecular weight excluding hydrogens is 492 g/mol. The molecule has 0 rings (SSSR count). The van der Waals surface area contributed by atoms with Gasteiger partial charge in [-0.1, -0.05) is 26.2 Å². The van der Waals surface area contributed by atoms with E-state index in [0.717, 1.165) is 51.9 Å². The van der Waals surface area contributed by atoms with Crippen LogP contribution in [0.5, 0.6) is 0 Å². The number of hydrogen-bond acceptors (Lipinski definition) is 7. The number of rotatable bonds is 24. The molecule has 0 aromatic rings. The quantitative estimate of drug-likeness (QED) is 0.0572. The molecule has 0 aromatic carbocycles. The normalized spacial score (nSPS) is 12.3. The first-order valence-corrected chi connectivity index (χ1v) is 13.9. The van der Waals surface area contributed by atoms with Crippen LogP contribution in [0.3, 0.4) is 0 Å². The van der Waals surface area contributed by atoms with Gasteiger partial charge in [-0.2, -0.15) is 0 Å². The molecule has 0 spiro atoms. The molecule has 2 atom stereocenters. The van der Waals surface area contributed by atoms with Crippen molar-refractivity contribution in [1.82, 2.24) is 31.9 Å². The molecule has 0 aromatic heterocycles. The molecule has 0 saturated carbocycles. The standard InChI is InChI=1S/C25H50N8O5/c1-3-4-5-6-9-32-25(38)20(17-23(36)30-14-12-28-10-7-26)16-22(35)21(33-19(2)34)18-24(37)31-15-13-29-11-8-27/h20-21,28-29H,3-18,26-27H2,1-2H3,(H,30,36)(H,31,37)(H,32,38)(H,33,34)/p+2/t20-,21+/m0/s1. The van der Waals surface area contributed by atoms with Crippen molar-refractivity contribution in [3.05, 3.63) is 0 Å². The van der Waals surface area contributed by atoms with Gasteiger partial charge in [0.1, 0.15) is 0 Å². The monoisotopic (exact) mass is 544 g/mol. The third-order valence-electron chi connectivity index (χ3n) is 5.69. The van der Waals surface area contributed by atoms with Crippen molar-refractivity contribution < 1.29 is 35.4 Å². The summed E-state index contributed by atoms with van der Waals surface area (Å²) < 4.78 is 0. The van der Waals surface area contributed by atoms with Crippen LogP contribution in [-0.2, 0) is 24.0 Å². The first kappa shape index (κ1) is 35.4. The molecule has 220 valence electrons.